The number of nitrogens with one attached hydrogen (secondary N) is 2. The van der Waals surface area contributed by atoms with E-state index in [9.17, 15) is 4.79 Å². The number of carbonyl (C=O) groups excluding carboxylic acids is 1. The fourth-order valence-electron chi connectivity index (χ4n) is 3.12. The van der Waals surface area contributed by atoms with Gasteiger partial charge in [-0.3, -0.25) is 9.89 Å². The average Bonchev–Trinajstić information content (AvgIpc) is 3.36. The van der Waals surface area contributed by atoms with E-state index < -0.39 is 0 Å². The quantitative estimate of drug-likeness (QED) is 0.520. The third kappa shape index (κ3) is 3.88. The van der Waals surface area contributed by atoms with Crippen LogP contribution in [0.4, 0.5) is 0 Å². The lowest BCUT2D eigenvalue weighted by atomic mass is 10.1. The zero-order valence-electron chi connectivity index (χ0n) is 15.6. The molecule has 4 aromatic rings. The van der Waals surface area contributed by atoms with E-state index in [2.05, 4.69) is 20.5 Å². The number of carbonyl (C=O) groups is 1. The molecule has 2 heterocycles. The van der Waals surface area contributed by atoms with Gasteiger partial charge in [-0.2, -0.15) is 5.10 Å². The second-order valence-electron chi connectivity index (χ2n) is 6.50. The molecular weight excluding hydrogens is 354 g/mol. The van der Waals surface area contributed by atoms with E-state index in [-0.39, 0.29) is 5.91 Å². The van der Waals surface area contributed by atoms with Gasteiger partial charge in [-0.05, 0) is 42.3 Å². The maximum atomic E-state index is 12.3. The van der Waals surface area contributed by atoms with E-state index in [1.807, 2.05) is 53.1 Å². The van der Waals surface area contributed by atoms with Gasteiger partial charge in [0.25, 0.3) is 5.91 Å². The molecule has 0 spiro atoms. The molecule has 142 valence electrons. The van der Waals surface area contributed by atoms with Crippen molar-refractivity contribution in [2.24, 2.45) is 0 Å². The van der Waals surface area contributed by atoms with Crippen LogP contribution in [0, 0.1) is 0 Å². The van der Waals surface area contributed by atoms with Crippen LogP contribution in [0.5, 0.6) is 5.75 Å². The van der Waals surface area contributed by atoms with Crippen molar-refractivity contribution < 1.29 is 9.53 Å². The van der Waals surface area contributed by atoms with E-state index in [1.54, 1.807) is 19.5 Å². The second-order valence-corrected chi connectivity index (χ2v) is 6.50. The van der Waals surface area contributed by atoms with Crippen LogP contribution in [-0.4, -0.2) is 39.3 Å². The molecule has 7 nitrogen and oxygen atoms in total. The number of nitrogens with zero attached hydrogens (tertiary/aromatic N) is 3. The molecule has 0 bridgehead atoms. The molecule has 0 aliphatic rings. The summed E-state index contributed by atoms with van der Waals surface area (Å²) >= 11 is 0. The predicted molar refractivity (Wildman–Crippen MR) is 106 cm³/mol. The van der Waals surface area contributed by atoms with E-state index >= 15 is 0 Å². The van der Waals surface area contributed by atoms with E-state index in [0.29, 0.717) is 18.8 Å². The first kappa shape index (κ1) is 17.8. The monoisotopic (exact) mass is 375 g/mol. The Morgan fingerprint density at radius 2 is 2.07 bits per heavy atom. The molecule has 2 N–H and O–H groups in total. The molecule has 7 heteroatoms. The van der Waals surface area contributed by atoms with Gasteiger partial charge in [0.05, 0.1) is 36.7 Å². The molecule has 0 aliphatic heterocycles. The summed E-state index contributed by atoms with van der Waals surface area (Å²) in [6.45, 7) is 1.10. The smallest absolute Gasteiger partial charge is 0.271 e. The number of hydrogen-bond acceptors (Lipinski definition) is 4. The summed E-state index contributed by atoms with van der Waals surface area (Å²) in [7, 11) is 1.64. The van der Waals surface area contributed by atoms with Gasteiger partial charge in [0.1, 0.15) is 11.4 Å². The number of imidazole rings is 1. The van der Waals surface area contributed by atoms with Crippen molar-refractivity contribution >= 4 is 16.9 Å². The Hall–Kier alpha value is -3.61. The van der Waals surface area contributed by atoms with Crippen molar-refractivity contribution in [3.8, 4) is 5.75 Å². The van der Waals surface area contributed by atoms with Crippen molar-refractivity contribution in [2.45, 2.75) is 13.0 Å². The van der Waals surface area contributed by atoms with Crippen LogP contribution in [-0.2, 0) is 13.0 Å². The van der Waals surface area contributed by atoms with Gasteiger partial charge in [-0.1, -0.05) is 24.3 Å². The molecule has 0 fully saturated rings. The standard InChI is InChI=1S/C21H21N5O2/c1-28-17-6-4-5-15(11-17)9-10-22-21(27)19-12-16(24-25-19)13-26-14-23-18-7-2-3-8-20(18)26/h2-8,11-12,14H,9-10,13H2,1H3,(H,22,27)(H,24,25). The minimum atomic E-state index is -0.194. The zero-order valence-corrected chi connectivity index (χ0v) is 15.6. The number of rotatable bonds is 7. The molecule has 0 atom stereocenters. The van der Waals surface area contributed by atoms with Crippen molar-refractivity contribution in [2.75, 3.05) is 13.7 Å². The third-order valence-corrected chi connectivity index (χ3v) is 4.56. The SMILES string of the molecule is COc1cccc(CCNC(=O)c2cc(Cn3cnc4ccccc43)[nH]n2)c1. The van der Waals surface area contributed by atoms with Crippen molar-refractivity contribution in [3.05, 3.63) is 77.9 Å². The highest BCUT2D eigenvalue weighted by molar-refractivity contribution is 5.92. The Morgan fingerprint density at radius 3 is 2.96 bits per heavy atom. The van der Waals surface area contributed by atoms with Crippen molar-refractivity contribution in [1.29, 1.82) is 0 Å². The normalized spacial score (nSPS) is 10.9. The second kappa shape index (κ2) is 7.96. The summed E-state index contributed by atoms with van der Waals surface area (Å²) in [4.78, 5) is 16.7. The summed E-state index contributed by atoms with van der Waals surface area (Å²) in [6.07, 6.45) is 2.51. The lowest BCUT2D eigenvalue weighted by molar-refractivity contribution is 0.0949. The van der Waals surface area contributed by atoms with Crippen LogP contribution >= 0.6 is 0 Å². The average molecular weight is 375 g/mol. The van der Waals surface area contributed by atoms with Crippen LogP contribution in [0.15, 0.2) is 60.9 Å². The van der Waals surface area contributed by atoms with E-state index in [4.69, 9.17) is 4.74 Å². The first-order valence-electron chi connectivity index (χ1n) is 9.08. The lowest BCUT2D eigenvalue weighted by Gasteiger charge is -2.05. The molecule has 0 radical (unpaired) electrons. The van der Waals surface area contributed by atoms with Crippen molar-refractivity contribution in [3.63, 3.8) is 0 Å². The van der Waals surface area contributed by atoms with E-state index in [0.717, 1.165) is 34.5 Å². The summed E-state index contributed by atoms with van der Waals surface area (Å²) < 4.78 is 7.24. The van der Waals surface area contributed by atoms with Crippen LogP contribution < -0.4 is 10.1 Å². The molecule has 0 saturated heterocycles. The highest BCUT2D eigenvalue weighted by Crippen LogP contribution is 2.14. The summed E-state index contributed by atoms with van der Waals surface area (Å²) in [6, 6.07) is 17.5. The summed E-state index contributed by atoms with van der Waals surface area (Å²) in [5.74, 6) is 0.619. The lowest BCUT2D eigenvalue weighted by Crippen LogP contribution is -2.26. The van der Waals surface area contributed by atoms with Crippen LogP contribution in [0.25, 0.3) is 11.0 Å². The Labute approximate surface area is 162 Å². The highest BCUT2D eigenvalue weighted by atomic mass is 16.5. The Kier molecular flexibility index (Phi) is 5.05. The molecule has 4 rings (SSSR count). The third-order valence-electron chi connectivity index (χ3n) is 4.56. The number of methoxy groups -OCH3 is 1. The number of hydrogen-bond donors (Lipinski definition) is 2. The molecule has 0 saturated carbocycles. The molecule has 1 amide bonds. The number of amides is 1. The number of ether oxygens (including phenoxy) is 1. The first-order valence-corrected chi connectivity index (χ1v) is 9.08. The fraction of sp³-hybridized carbons (Fsp3) is 0.190. The maximum Gasteiger partial charge on any atom is 0.271 e. The number of benzene rings is 2. The Balaban J connectivity index is 1.35. The first-order chi connectivity index (χ1) is 13.7. The van der Waals surface area contributed by atoms with Gasteiger partial charge >= 0.3 is 0 Å². The minimum Gasteiger partial charge on any atom is -0.497 e. The van der Waals surface area contributed by atoms with Crippen LogP contribution in [0.3, 0.4) is 0 Å². The number of fused-ring (bicyclic) bond motifs is 1. The van der Waals surface area contributed by atoms with Gasteiger partial charge in [-0.25, -0.2) is 4.98 Å². The van der Waals surface area contributed by atoms with Gasteiger partial charge < -0.3 is 14.6 Å². The van der Waals surface area contributed by atoms with Crippen LogP contribution in [0.1, 0.15) is 21.7 Å². The molecule has 2 aromatic carbocycles. The number of aromatic nitrogens is 4. The molecule has 0 aliphatic carbocycles. The highest BCUT2D eigenvalue weighted by Gasteiger charge is 2.11. The van der Waals surface area contributed by atoms with Crippen molar-refractivity contribution in [1.82, 2.24) is 25.1 Å². The number of aromatic amines is 1. The molecular formula is C21H21N5O2. The molecule has 2 aromatic heterocycles. The Morgan fingerprint density at radius 1 is 1.18 bits per heavy atom. The molecule has 0 unspecified atom stereocenters. The Bertz CT molecular complexity index is 1100. The molecule has 28 heavy (non-hydrogen) atoms. The number of para-hydroxylation sites is 2. The summed E-state index contributed by atoms with van der Waals surface area (Å²) in [5, 5.41) is 9.98. The van der Waals surface area contributed by atoms with E-state index in [1.165, 1.54) is 0 Å². The minimum absolute atomic E-state index is 0.194. The zero-order chi connectivity index (χ0) is 19.3. The maximum absolute atomic E-state index is 12.3. The van der Waals surface area contributed by atoms with Gasteiger partial charge in [0.15, 0.2) is 0 Å². The fourth-order valence-corrected chi connectivity index (χ4v) is 3.12. The predicted octanol–water partition coefficient (Wildman–Crippen LogP) is 2.79. The summed E-state index contributed by atoms with van der Waals surface area (Å²) in [5.41, 5.74) is 4.32. The topological polar surface area (TPSA) is 84.8 Å². The number of H-pyrrole nitrogens is 1. The largest absolute Gasteiger partial charge is 0.497 e. The van der Waals surface area contributed by atoms with Gasteiger partial charge in [0, 0.05) is 6.54 Å². The van der Waals surface area contributed by atoms with Gasteiger partial charge in [0.2, 0.25) is 0 Å². The van der Waals surface area contributed by atoms with Crippen LogP contribution in [0.2, 0.25) is 0 Å². The van der Waals surface area contributed by atoms with Gasteiger partial charge in [-0.15, -0.1) is 0 Å².